The summed E-state index contributed by atoms with van der Waals surface area (Å²) in [6, 6.07) is 1.93. The molecule has 1 unspecified atom stereocenters. The summed E-state index contributed by atoms with van der Waals surface area (Å²) in [5, 5.41) is 41.7. The summed E-state index contributed by atoms with van der Waals surface area (Å²) >= 11 is 6.19. The second kappa shape index (κ2) is 9.45. The van der Waals surface area contributed by atoms with Crippen molar-refractivity contribution in [3.63, 3.8) is 0 Å². The summed E-state index contributed by atoms with van der Waals surface area (Å²) in [4.78, 5) is 22.6. The summed E-state index contributed by atoms with van der Waals surface area (Å²) in [5.41, 5.74) is 1.31. The molecule has 0 bridgehead atoms. The highest BCUT2D eigenvalue weighted by molar-refractivity contribution is 7.52. The number of anilines is 1. The number of hydrogen-bond donors (Lipinski definition) is 6. The topological polar surface area (TPSA) is 192 Å². The number of aliphatic hydroxyl groups excluding tert-OH is 3. The van der Waals surface area contributed by atoms with Gasteiger partial charge in [0.2, 0.25) is 0 Å². The van der Waals surface area contributed by atoms with Gasteiger partial charge in [0.15, 0.2) is 23.2 Å². The molecular weight excluding hydrogens is 469 g/mol. The average Bonchev–Trinajstić information content (AvgIpc) is 3.44. The molecule has 3 heterocycles. The van der Waals surface area contributed by atoms with Crippen LogP contribution in [0.1, 0.15) is 31.9 Å². The first kappa shape index (κ1) is 23.7. The van der Waals surface area contributed by atoms with E-state index in [9.17, 15) is 14.8 Å². The highest BCUT2D eigenvalue weighted by Crippen LogP contribution is 2.42. The van der Waals surface area contributed by atoms with Gasteiger partial charge in [0.25, 0.3) is 0 Å². The minimum Gasteiger partial charge on any atom is -0.393 e. The van der Waals surface area contributed by atoms with Crippen molar-refractivity contribution in [1.82, 2.24) is 20.0 Å². The standard InChI is InChI=1S/C17H25ClN5O8P/c18-11-5-9(19-8-3-1-2-4-8)13-16(20-11)23(22-21-13)17-15(26)14(25)10(31-17)7-30-12(6-24)32(27,28)29/h5,8,10,12,14-15,17,24-26H,1-4,6-7H2,(H,19,20)(H2,27,28,29)/t10-,12?,14-,15-,17-/m1/s1. The van der Waals surface area contributed by atoms with Crippen LogP contribution in [-0.4, -0.2) is 88.5 Å². The molecule has 32 heavy (non-hydrogen) atoms. The van der Waals surface area contributed by atoms with Gasteiger partial charge >= 0.3 is 7.60 Å². The van der Waals surface area contributed by atoms with Crippen molar-refractivity contribution < 1.29 is 39.1 Å². The van der Waals surface area contributed by atoms with Crippen LogP contribution in [-0.2, 0) is 14.0 Å². The number of rotatable bonds is 8. The number of pyridine rings is 1. The first-order chi connectivity index (χ1) is 15.2. The molecule has 2 aromatic heterocycles. The lowest BCUT2D eigenvalue weighted by atomic mass is 10.1. The van der Waals surface area contributed by atoms with Crippen molar-refractivity contribution in [3.05, 3.63) is 11.2 Å². The predicted octanol–water partition coefficient (Wildman–Crippen LogP) is -0.0339. The van der Waals surface area contributed by atoms with E-state index in [2.05, 4.69) is 20.6 Å². The zero-order chi connectivity index (χ0) is 23.0. The van der Waals surface area contributed by atoms with Gasteiger partial charge < -0.3 is 39.9 Å². The maximum atomic E-state index is 11.3. The lowest BCUT2D eigenvalue weighted by molar-refractivity contribution is -0.0812. The first-order valence-corrected chi connectivity index (χ1v) is 12.2. The van der Waals surface area contributed by atoms with E-state index >= 15 is 0 Å². The molecule has 15 heteroatoms. The van der Waals surface area contributed by atoms with E-state index in [0.29, 0.717) is 11.2 Å². The predicted molar refractivity (Wildman–Crippen MR) is 111 cm³/mol. The van der Waals surface area contributed by atoms with Gasteiger partial charge in [-0.2, -0.15) is 4.68 Å². The van der Waals surface area contributed by atoms with E-state index in [0.717, 1.165) is 25.7 Å². The molecule has 6 N–H and O–H groups in total. The number of nitrogens with one attached hydrogen (secondary N) is 1. The van der Waals surface area contributed by atoms with E-state index in [4.69, 9.17) is 36.0 Å². The molecule has 0 radical (unpaired) electrons. The normalized spacial score (nSPS) is 27.9. The monoisotopic (exact) mass is 493 g/mol. The molecule has 0 aromatic carbocycles. The van der Waals surface area contributed by atoms with Gasteiger partial charge in [-0.15, -0.1) is 5.10 Å². The van der Waals surface area contributed by atoms with Crippen molar-refractivity contribution in [2.24, 2.45) is 0 Å². The molecule has 2 aromatic rings. The highest BCUT2D eigenvalue weighted by atomic mass is 35.5. The van der Waals surface area contributed by atoms with E-state index in [1.807, 2.05) is 0 Å². The first-order valence-electron chi connectivity index (χ1n) is 10.2. The van der Waals surface area contributed by atoms with E-state index in [1.165, 1.54) is 4.68 Å². The Morgan fingerprint density at radius 1 is 1.31 bits per heavy atom. The summed E-state index contributed by atoms with van der Waals surface area (Å²) in [5.74, 6) is -1.77. The fraction of sp³-hybridized carbons (Fsp3) is 0.706. The Morgan fingerprint density at radius 2 is 2.03 bits per heavy atom. The molecule has 5 atom stereocenters. The lowest BCUT2D eigenvalue weighted by Crippen LogP contribution is -2.35. The number of nitrogens with zero attached hydrogens (tertiary/aromatic N) is 4. The van der Waals surface area contributed by atoms with Crippen molar-refractivity contribution in [1.29, 1.82) is 0 Å². The summed E-state index contributed by atoms with van der Waals surface area (Å²) in [7, 11) is -4.72. The number of hydrogen-bond acceptors (Lipinski definition) is 10. The lowest BCUT2D eigenvalue weighted by Gasteiger charge is -2.20. The molecule has 178 valence electrons. The third-order valence-corrected chi connectivity index (χ3v) is 6.93. The molecule has 0 amide bonds. The van der Waals surface area contributed by atoms with Crippen molar-refractivity contribution >= 4 is 36.0 Å². The second-order valence-corrected chi connectivity index (χ2v) is 10.1. The molecule has 2 aliphatic rings. The number of aliphatic hydroxyl groups is 3. The third kappa shape index (κ3) is 4.76. The van der Waals surface area contributed by atoms with Crippen LogP contribution >= 0.6 is 19.2 Å². The maximum absolute atomic E-state index is 11.3. The molecule has 4 rings (SSSR count). The van der Waals surface area contributed by atoms with Gasteiger partial charge in [0.05, 0.1) is 18.9 Å². The Labute approximate surface area is 187 Å². The van der Waals surface area contributed by atoms with Gasteiger partial charge in [0.1, 0.15) is 23.5 Å². The van der Waals surface area contributed by atoms with Crippen LogP contribution in [0.2, 0.25) is 5.15 Å². The van der Waals surface area contributed by atoms with Gasteiger partial charge in [-0.25, -0.2) is 4.98 Å². The van der Waals surface area contributed by atoms with Crippen molar-refractivity contribution in [2.45, 2.75) is 62.1 Å². The fourth-order valence-corrected chi connectivity index (χ4v) is 4.67. The van der Waals surface area contributed by atoms with E-state index in [-0.39, 0.29) is 16.8 Å². The van der Waals surface area contributed by atoms with Crippen LogP contribution < -0.4 is 5.32 Å². The van der Waals surface area contributed by atoms with Gasteiger partial charge in [0, 0.05) is 12.1 Å². The summed E-state index contributed by atoms with van der Waals surface area (Å²) in [6.07, 6.45) is -0.936. The maximum Gasteiger partial charge on any atom is 0.356 e. The van der Waals surface area contributed by atoms with Crippen molar-refractivity contribution in [2.75, 3.05) is 18.5 Å². The zero-order valence-corrected chi connectivity index (χ0v) is 18.5. The Balaban J connectivity index is 1.54. The SMILES string of the molecule is O=P(O)(O)C(CO)OC[C@H]1O[C@@H](n2nnc3c(NC4CCCC4)cc(Cl)nc32)[C@H](O)[C@@H]1O. The molecular formula is C17H25ClN5O8P. The van der Waals surface area contributed by atoms with Gasteiger partial charge in [-0.1, -0.05) is 29.7 Å². The van der Waals surface area contributed by atoms with Crippen molar-refractivity contribution in [3.8, 4) is 0 Å². The van der Waals surface area contributed by atoms with Crippen LogP contribution in [0.5, 0.6) is 0 Å². The minimum absolute atomic E-state index is 0.182. The van der Waals surface area contributed by atoms with Crippen LogP contribution in [0.15, 0.2) is 6.07 Å². The quantitative estimate of drug-likeness (QED) is 0.213. The Morgan fingerprint density at radius 3 is 2.69 bits per heavy atom. The van der Waals surface area contributed by atoms with E-state index in [1.54, 1.807) is 6.07 Å². The summed E-state index contributed by atoms with van der Waals surface area (Å²) in [6.45, 7) is -1.41. The smallest absolute Gasteiger partial charge is 0.356 e. The van der Waals surface area contributed by atoms with Crippen LogP contribution in [0.4, 0.5) is 5.69 Å². The van der Waals surface area contributed by atoms with Gasteiger partial charge in [-0.3, -0.25) is 4.57 Å². The number of fused-ring (bicyclic) bond motifs is 1. The molecule has 0 spiro atoms. The molecule has 2 fully saturated rings. The molecule has 1 saturated carbocycles. The van der Waals surface area contributed by atoms with Crippen LogP contribution in [0, 0.1) is 0 Å². The molecule has 13 nitrogen and oxygen atoms in total. The number of halogens is 1. The molecule has 1 aliphatic carbocycles. The zero-order valence-electron chi connectivity index (χ0n) is 16.9. The Bertz CT molecular complexity index is 999. The van der Waals surface area contributed by atoms with Gasteiger partial charge in [-0.05, 0) is 12.8 Å². The highest BCUT2D eigenvalue weighted by Gasteiger charge is 2.46. The van der Waals surface area contributed by atoms with E-state index < -0.39 is 51.2 Å². The fourth-order valence-electron chi connectivity index (χ4n) is 3.99. The largest absolute Gasteiger partial charge is 0.393 e. The van der Waals surface area contributed by atoms with Crippen LogP contribution in [0.3, 0.4) is 0 Å². The second-order valence-electron chi connectivity index (χ2n) is 7.93. The third-order valence-electron chi connectivity index (χ3n) is 5.68. The number of ether oxygens (including phenoxy) is 2. The Kier molecular flexibility index (Phi) is 7.01. The number of aromatic nitrogens is 4. The Hall–Kier alpha value is -1.41. The van der Waals surface area contributed by atoms with Crippen LogP contribution in [0.25, 0.3) is 11.2 Å². The minimum atomic E-state index is -4.72. The summed E-state index contributed by atoms with van der Waals surface area (Å²) < 4.78 is 23.2. The molecule has 1 aliphatic heterocycles. The molecule has 1 saturated heterocycles. The average molecular weight is 494 g/mol.